The monoisotopic (exact) mass is 362 g/mol. The van der Waals surface area contributed by atoms with Crippen molar-refractivity contribution in [2.24, 2.45) is 0 Å². The summed E-state index contributed by atoms with van der Waals surface area (Å²) in [6, 6.07) is 7.92. The van der Waals surface area contributed by atoms with Crippen molar-refractivity contribution in [2.45, 2.75) is 55.4 Å². The van der Waals surface area contributed by atoms with Crippen LogP contribution in [0.25, 0.3) is 0 Å². The van der Waals surface area contributed by atoms with E-state index in [9.17, 15) is 9.90 Å². The van der Waals surface area contributed by atoms with E-state index in [0.717, 1.165) is 47.0 Å². The lowest BCUT2D eigenvalue weighted by atomic mass is 9.93. The minimum Gasteiger partial charge on any atom is -0.393 e. The van der Waals surface area contributed by atoms with Crippen LogP contribution in [-0.4, -0.2) is 28.1 Å². The van der Waals surface area contributed by atoms with Gasteiger partial charge in [0.25, 0.3) is 5.91 Å². The van der Waals surface area contributed by atoms with E-state index < -0.39 is 0 Å². The van der Waals surface area contributed by atoms with Crippen LogP contribution >= 0.6 is 23.1 Å². The Balaban J connectivity index is 1.51. The number of thiazole rings is 1. The summed E-state index contributed by atoms with van der Waals surface area (Å²) in [6.45, 7) is 2.01. The van der Waals surface area contributed by atoms with Crippen LogP contribution in [0.4, 0.5) is 0 Å². The smallest absolute Gasteiger partial charge is 0.251 e. The fraction of sp³-hybridized carbons (Fsp3) is 0.444. The van der Waals surface area contributed by atoms with Gasteiger partial charge < -0.3 is 10.4 Å². The Labute approximate surface area is 150 Å². The second kappa shape index (κ2) is 8.14. The number of carbonyl (C=O) groups excluding carboxylic acids is 1. The molecule has 1 amide bonds. The molecule has 1 aromatic heterocycles. The number of nitrogens with zero attached hydrogens (tertiary/aromatic N) is 1. The van der Waals surface area contributed by atoms with Crippen molar-refractivity contribution in [3.05, 3.63) is 45.9 Å². The van der Waals surface area contributed by atoms with Crippen LogP contribution in [0.2, 0.25) is 0 Å². The van der Waals surface area contributed by atoms with Crippen molar-refractivity contribution < 1.29 is 9.90 Å². The first-order valence-electron chi connectivity index (χ1n) is 8.23. The van der Waals surface area contributed by atoms with Gasteiger partial charge >= 0.3 is 0 Å². The molecule has 1 aromatic carbocycles. The minimum atomic E-state index is -0.198. The molecule has 4 nitrogen and oxygen atoms in total. The van der Waals surface area contributed by atoms with E-state index in [-0.39, 0.29) is 18.1 Å². The zero-order valence-corrected chi connectivity index (χ0v) is 15.3. The van der Waals surface area contributed by atoms with Crippen molar-refractivity contribution in [1.29, 1.82) is 0 Å². The third kappa shape index (κ3) is 4.82. The van der Waals surface area contributed by atoms with Crippen LogP contribution < -0.4 is 5.32 Å². The summed E-state index contributed by atoms with van der Waals surface area (Å²) in [5, 5.41) is 15.8. The average molecular weight is 363 g/mol. The van der Waals surface area contributed by atoms with Crippen LogP contribution in [0.1, 0.15) is 46.7 Å². The number of thioether (sulfide) groups is 1. The Bertz CT molecular complexity index is 677. The van der Waals surface area contributed by atoms with Crippen LogP contribution in [-0.2, 0) is 5.75 Å². The fourth-order valence-corrected chi connectivity index (χ4v) is 4.33. The maximum Gasteiger partial charge on any atom is 0.251 e. The van der Waals surface area contributed by atoms with E-state index in [2.05, 4.69) is 15.7 Å². The second-order valence-corrected chi connectivity index (χ2v) is 8.26. The molecule has 6 heteroatoms. The minimum absolute atomic E-state index is 0.0249. The highest BCUT2D eigenvalue weighted by molar-refractivity contribution is 7.98. The zero-order chi connectivity index (χ0) is 16.9. The number of rotatable bonds is 5. The van der Waals surface area contributed by atoms with Crippen molar-refractivity contribution in [1.82, 2.24) is 10.3 Å². The summed E-state index contributed by atoms with van der Waals surface area (Å²) in [7, 11) is 0. The van der Waals surface area contributed by atoms with E-state index >= 15 is 0 Å². The lowest BCUT2D eigenvalue weighted by molar-refractivity contribution is 0.0867. The number of benzene rings is 1. The molecule has 1 aliphatic carbocycles. The lowest BCUT2D eigenvalue weighted by Gasteiger charge is -2.26. The SMILES string of the molecule is Cc1nc(CSc2ccc(C(=O)NC3CCC(O)CC3)cc2)cs1. The largest absolute Gasteiger partial charge is 0.393 e. The molecule has 0 aliphatic heterocycles. The summed E-state index contributed by atoms with van der Waals surface area (Å²) in [4.78, 5) is 17.9. The predicted molar refractivity (Wildman–Crippen MR) is 98.6 cm³/mol. The van der Waals surface area contributed by atoms with Gasteiger partial charge in [0.1, 0.15) is 0 Å². The van der Waals surface area contributed by atoms with E-state index in [1.807, 2.05) is 31.2 Å². The molecule has 3 rings (SSSR count). The summed E-state index contributed by atoms with van der Waals surface area (Å²) < 4.78 is 0. The van der Waals surface area contributed by atoms with Gasteiger partial charge in [0.05, 0.1) is 16.8 Å². The molecule has 2 aromatic rings. The number of aliphatic hydroxyl groups excluding tert-OH is 1. The number of aliphatic hydroxyl groups is 1. The predicted octanol–water partition coefficient (Wildman–Crippen LogP) is 3.78. The number of amides is 1. The van der Waals surface area contributed by atoms with Gasteiger partial charge in [0.15, 0.2) is 0 Å². The Kier molecular flexibility index (Phi) is 5.92. The number of aromatic nitrogens is 1. The molecule has 128 valence electrons. The highest BCUT2D eigenvalue weighted by atomic mass is 32.2. The van der Waals surface area contributed by atoms with Crippen LogP contribution in [0.5, 0.6) is 0 Å². The summed E-state index contributed by atoms with van der Waals surface area (Å²) >= 11 is 3.40. The molecule has 1 saturated carbocycles. The lowest BCUT2D eigenvalue weighted by Crippen LogP contribution is -2.38. The van der Waals surface area contributed by atoms with Crippen molar-refractivity contribution in [2.75, 3.05) is 0 Å². The number of nitrogens with one attached hydrogen (secondary N) is 1. The van der Waals surface area contributed by atoms with Crippen LogP contribution in [0, 0.1) is 6.92 Å². The highest BCUT2D eigenvalue weighted by Crippen LogP contribution is 2.24. The second-order valence-electron chi connectivity index (χ2n) is 6.15. The van der Waals surface area contributed by atoms with Crippen molar-refractivity contribution >= 4 is 29.0 Å². The van der Waals surface area contributed by atoms with Gasteiger partial charge in [-0.1, -0.05) is 0 Å². The molecule has 0 unspecified atom stereocenters. The van der Waals surface area contributed by atoms with Crippen molar-refractivity contribution in [3.8, 4) is 0 Å². The summed E-state index contributed by atoms with van der Waals surface area (Å²) in [5.41, 5.74) is 1.79. The van der Waals surface area contributed by atoms with Crippen LogP contribution in [0.3, 0.4) is 0 Å². The average Bonchev–Trinajstić information content (AvgIpc) is 3.01. The number of hydrogen-bond acceptors (Lipinski definition) is 5. The number of hydrogen-bond donors (Lipinski definition) is 2. The normalized spacial score (nSPS) is 20.8. The molecule has 0 atom stereocenters. The molecule has 1 fully saturated rings. The van der Waals surface area contributed by atoms with Gasteiger partial charge in [-0.25, -0.2) is 4.98 Å². The first kappa shape index (κ1) is 17.5. The van der Waals surface area contributed by atoms with Gasteiger partial charge in [0, 0.05) is 27.6 Å². The van der Waals surface area contributed by atoms with E-state index in [1.54, 1.807) is 23.1 Å². The van der Waals surface area contributed by atoms with Gasteiger partial charge in [-0.05, 0) is 56.9 Å². The summed E-state index contributed by atoms with van der Waals surface area (Å²) in [6.07, 6.45) is 3.06. The molecule has 0 saturated heterocycles. The third-order valence-corrected chi connectivity index (χ3v) is 6.07. The van der Waals surface area contributed by atoms with Gasteiger partial charge in [-0.2, -0.15) is 0 Å². The van der Waals surface area contributed by atoms with Crippen molar-refractivity contribution in [3.63, 3.8) is 0 Å². The van der Waals surface area contributed by atoms with E-state index in [4.69, 9.17) is 0 Å². The Morgan fingerprint density at radius 1 is 1.29 bits per heavy atom. The highest BCUT2D eigenvalue weighted by Gasteiger charge is 2.21. The molecular formula is C18H22N2O2S2. The third-order valence-electron chi connectivity index (χ3n) is 4.20. The molecule has 1 aliphatic rings. The number of carbonyl (C=O) groups is 1. The maximum absolute atomic E-state index is 12.3. The topological polar surface area (TPSA) is 62.2 Å². The van der Waals surface area contributed by atoms with Gasteiger partial charge in [-0.15, -0.1) is 23.1 Å². The molecule has 0 radical (unpaired) electrons. The number of aryl methyl sites for hydroxylation is 1. The molecule has 0 spiro atoms. The Morgan fingerprint density at radius 3 is 2.62 bits per heavy atom. The standard InChI is InChI=1S/C18H22N2O2S2/c1-12-19-15(10-23-12)11-24-17-8-2-13(3-9-17)18(22)20-14-4-6-16(21)7-5-14/h2-3,8-10,14,16,21H,4-7,11H2,1H3,(H,20,22). The molecule has 24 heavy (non-hydrogen) atoms. The molecular weight excluding hydrogens is 340 g/mol. The molecule has 2 N–H and O–H groups in total. The Morgan fingerprint density at radius 2 is 2.00 bits per heavy atom. The van der Waals surface area contributed by atoms with E-state index in [1.165, 1.54) is 0 Å². The Hall–Kier alpha value is -1.37. The van der Waals surface area contributed by atoms with Gasteiger partial charge in [0.2, 0.25) is 0 Å². The maximum atomic E-state index is 12.3. The van der Waals surface area contributed by atoms with E-state index in [0.29, 0.717) is 5.56 Å². The van der Waals surface area contributed by atoms with Gasteiger partial charge in [-0.3, -0.25) is 4.79 Å². The van der Waals surface area contributed by atoms with Crippen LogP contribution in [0.15, 0.2) is 34.5 Å². The first-order valence-corrected chi connectivity index (χ1v) is 10.1. The summed E-state index contributed by atoms with van der Waals surface area (Å²) in [5.74, 6) is 0.823. The first-order chi connectivity index (χ1) is 11.6. The quantitative estimate of drug-likeness (QED) is 0.795. The zero-order valence-electron chi connectivity index (χ0n) is 13.7. The fourth-order valence-electron chi connectivity index (χ4n) is 2.82. The molecule has 1 heterocycles. The molecule has 0 bridgehead atoms.